The Hall–Kier alpha value is -1.62. The van der Waals surface area contributed by atoms with Crippen LogP contribution in [-0.2, 0) is 26.4 Å². The molecule has 27 heavy (non-hydrogen) atoms. The van der Waals surface area contributed by atoms with Crippen LogP contribution in [0.2, 0.25) is 0 Å². The van der Waals surface area contributed by atoms with E-state index in [1.807, 2.05) is 24.1 Å². The highest BCUT2D eigenvalue weighted by Crippen LogP contribution is 2.17. The molecule has 0 spiro atoms. The zero-order valence-electron chi connectivity index (χ0n) is 17.1. The number of halogens is 1. The van der Waals surface area contributed by atoms with Crippen molar-refractivity contribution in [2.75, 3.05) is 27.7 Å². The summed E-state index contributed by atoms with van der Waals surface area (Å²) >= 11 is 0. The molecule has 8 nitrogen and oxygen atoms in total. The van der Waals surface area contributed by atoms with E-state index in [1.54, 1.807) is 7.05 Å². The molecule has 0 bridgehead atoms. The van der Waals surface area contributed by atoms with Gasteiger partial charge in [0.1, 0.15) is 5.76 Å². The van der Waals surface area contributed by atoms with E-state index in [0.717, 1.165) is 42.4 Å². The molecule has 0 saturated heterocycles. The molecule has 0 saturated carbocycles. The van der Waals surface area contributed by atoms with E-state index in [9.17, 15) is 0 Å². The first-order chi connectivity index (χ1) is 12.5. The van der Waals surface area contributed by atoms with E-state index in [4.69, 9.17) is 4.52 Å². The lowest BCUT2D eigenvalue weighted by Crippen LogP contribution is -2.41. The number of rotatable bonds is 8. The molecule has 152 valence electrons. The van der Waals surface area contributed by atoms with Crippen molar-refractivity contribution in [1.82, 2.24) is 30.5 Å². The van der Waals surface area contributed by atoms with Crippen LogP contribution in [0.15, 0.2) is 21.9 Å². The molecule has 2 aromatic rings. The predicted molar refractivity (Wildman–Crippen MR) is 119 cm³/mol. The fourth-order valence-electron chi connectivity index (χ4n) is 2.93. The van der Waals surface area contributed by atoms with Crippen molar-refractivity contribution in [3.63, 3.8) is 0 Å². The lowest BCUT2D eigenvalue weighted by Gasteiger charge is -2.24. The minimum atomic E-state index is 0. The summed E-state index contributed by atoms with van der Waals surface area (Å²) in [5, 5.41) is 15.2. The number of aromatic nitrogens is 3. The first kappa shape index (κ1) is 23.4. The zero-order chi connectivity index (χ0) is 19.1. The second kappa shape index (κ2) is 11.3. The van der Waals surface area contributed by atoms with Crippen LogP contribution in [0.5, 0.6) is 0 Å². The van der Waals surface area contributed by atoms with Gasteiger partial charge in [0.25, 0.3) is 0 Å². The average Bonchev–Trinajstić information content (AvgIpc) is 3.23. The van der Waals surface area contributed by atoms with Gasteiger partial charge in [0.05, 0.1) is 17.9 Å². The van der Waals surface area contributed by atoms with Crippen LogP contribution in [0.25, 0.3) is 0 Å². The molecule has 0 aliphatic heterocycles. The van der Waals surface area contributed by atoms with Crippen molar-refractivity contribution in [2.24, 2.45) is 12.0 Å². The third kappa shape index (κ3) is 6.20. The third-order valence-electron chi connectivity index (χ3n) is 4.46. The molecular weight excluding hydrogens is 457 g/mol. The van der Waals surface area contributed by atoms with Gasteiger partial charge in [0, 0.05) is 50.9 Å². The first-order valence-corrected chi connectivity index (χ1v) is 9.05. The van der Waals surface area contributed by atoms with Gasteiger partial charge in [-0.25, -0.2) is 0 Å². The van der Waals surface area contributed by atoms with Gasteiger partial charge in [-0.15, -0.1) is 24.0 Å². The predicted octanol–water partition coefficient (Wildman–Crippen LogP) is 2.12. The van der Waals surface area contributed by atoms with E-state index >= 15 is 0 Å². The Morgan fingerprint density at radius 1 is 1.30 bits per heavy atom. The van der Waals surface area contributed by atoms with Gasteiger partial charge in [-0.2, -0.15) is 5.10 Å². The fourth-order valence-corrected chi connectivity index (χ4v) is 2.93. The Kier molecular flexibility index (Phi) is 9.78. The standard InChI is InChI=1S/C18H31N7O.HI/c1-7-15-14(17(8-2)26-23-15)10-20-18(19-3)21-11-16(24(4)5)13-9-22-25(6)12-13;/h9,12,16H,7-8,10-11H2,1-6H3,(H2,19,20,21);1H. The van der Waals surface area contributed by atoms with Crippen LogP contribution < -0.4 is 10.6 Å². The fraction of sp³-hybridized carbons (Fsp3) is 0.611. The van der Waals surface area contributed by atoms with E-state index in [1.165, 1.54) is 5.56 Å². The average molecular weight is 489 g/mol. The van der Waals surface area contributed by atoms with Crippen molar-refractivity contribution < 1.29 is 4.52 Å². The summed E-state index contributed by atoms with van der Waals surface area (Å²) in [4.78, 5) is 6.50. The summed E-state index contributed by atoms with van der Waals surface area (Å²) in [5.41, 5.74) is 3.31. The van der Waals surface area contributed by atoms with E-state index in [2.05, 4.69) is 58.7 Å². The minimum absolute atomic E-state index is 0. The molecule has 1 atom stereocenters. The smallest absolute Gasteiger partial charge is 0.191 e. The van der Waals surface area contributed by atoms with Gasteiger partial charge in [-0.3, -0.25) is 9.67 Å². The molecule has 0 aliphatic rings. The normalized spacial score (nSPS) is 12.8. The summed E-state index contributed by atoms with van der Waals surface area (Å²) in [6.07, 6.45) is 5.64. The number of nitrogens with zero attached hydrogens (tertiary/aromatic N) is 5. The molecule has 0 aromatic carbocycles. The number of hydrogen-bond acceptors (Lipinski definition) is 5. The van der Waals surface area contributed by atoms with E-state index < -0.39 is 0 Å². The van der Waals surface area contributed by atoms with E-state index in [-0.39, 0.29) is 30.0 Å². The van der Waals surface area contributed by atoms with Crippen molar-refractivity contribution >= 4 is 29.9 Å². The number of likely N-dealkylation sites (N-methyl/N-ethyl adjacent to an activating group) is 1. The molecule has 0 aliphatic carbocycles. The summed E-state index contributed by atoms with van der Waals surface area (Å²) in [7, 11) is 7.83. The van der Waals surface area contributed by atoms with Crippen molar-refractivity contribution in [3.8, 4) is 0 Å². The van der Waals surface area contributed by atoms with Crippen LogP contribution >= 0.6 is 24.0 Å². The SMILES string of the molecule is CCc1noc(CC)c1CNC(=NC)NCC(c1cnn(C)c1)N(C)C.I. The van der Waals surface area contributed by atoms with Gasteiger partial charge in [0.2, 0.25) is 0 Å². The number of aryl methyl sites for hydroxylation is 3. The van der Waals surface area contributed by atoms with Crippen molar-refractivity contribution in [1.29, 1.82) is 0 Å². The van der Waals surface area contributed by atoms with Crippen LogP contribution in [0.4, 0.5) is 0 Å². The molecule has 0 fully saturated rings. The monoisotopic (exact) mass is 489 g/mol. The summed E-state index contributed by atoms with van der Waals surface area (Å²) in [6.45, 7) is 5.54. The van der Waals surface area contributed by atoms with Gasteiger partial charge < -0.3 is 20.1 Å². The Labute approximate surface area is 178 Å². The molecule has 2 aromatic heterocycles. The summed E-state index contributed by atoms with van der Waals surface area (Å²) in [6, 6.07) is 0.204. The summed E-state index contributed by atoms with van der Waals surface area (Å²) < 4.78 is 7.25. The zero-order valence-corrected chi connectivity index (χ0v) is 19.4. The molecule has 2 N–H and O–H groups in total. The third-order valence-corrected chi connectivity index (χ3v) is 4.46. The molecule has 0 amide bonds. The van der Waals surface area contributed by atoms with Crippen LogP contribution in [0.3, 0.4) is 0 Å². The Morgan fingerprint density at radius 3 is 2.56 bits per heavy atom. The molecular formula is C18H32IN7O. The van der Waals surface area contributed by atoms with Crippen LogP contribution in [0, 0.1) is 0 Å². The van der Waals surface area contributed by atoms with Gasteiger partial charge in [0.15, 0.2) is 5.96 Å². The maximum absolute atomic E-state index is 5.43. The Morgan fingerprint density at radius 2 is 2.04 bits per heavy atom. The molecule has 2 heterocycles. The summed E-state index contributed by atoms with van der Waals surface area (Å²) in [5.74, 6) is 1.69. The van der Waals surface area contributed by atoms with Crippen molar-refractivity contribution in [2.45, 2.75) is 39.3 Å². The molecule has 9 heteroatoms. The highest BCUT2D eigenvalue weighted by Gasteiger charge is 2.17. The second-order valence-corrected chi connectivity index (χ2v) is 6.47. The molecule has 0 radical (unpaired) electrons. The van der Waals surface area contributed by atoms with E-state index in [0.29, 0.717) is 6.54 Å². The highest BCUT2D eigenvalue weighted by molar-refractivity contribution is 14.0. The lowest BCUT2D eigenvalue weighted by atomic mass is 10.1. The Balaban J connectivity index is 0.00000364. The first-order valence-electron chi connectivity index (χ1n) is 9.05. The topological polar surface area (TPSA) is 83.5 Å². The quantitative estimate of drug-likeness (QED) is 0.336. The van der Waals surface area contributed by atoms with Crippen LogP contribution in [-0.4, -0.2) is 53.5 Å². The molecule has 1 unspecified atom stereocenters. The number of aliphatic imine (C=N–C) groups is 1. The van der Waals surface area contributed by atoms with Crippen LogP contribution in [0.1, 0.15) is 42.5 Å². The number of nitrogens with one attached hydrogen (secondary N) is 2. The van der Waals surface area contributed by atoms with Crippen molar-refractivity contribution in [3.05, 3.63) is 35.0 Å². The largest absolute Gasteiger partial charge is 0.361 e. The number of guanidine groups is 1. The minimum Gasteiger partial charge on any atom is -0.361 e. The maximum atomic E-state index is 5.43. The highest BCUT2D eigenvalue weighted by atomic mass is 127. The molecule has 2 rings (SSSR count). The van der Waals surface area contributed by atoms with Gasteiger partial charge >= 0.3 is 0 Å². The number of hydrogen-bond donors (Lipinski definition) is 2. The van der Waals surface area contributed by atoms with Gasteiger partial charge in [-0.05, 0) is 20.5 Å². The lowest BCUT2D eigenvalue weighted by molar-refractivity contribution is 0.298. The second-order valence-electron chi connectivity index (χ2n) is 6.47. The maximum Gasteiger partial charge on any atom is 0.191 e. The Bertz CT molecular complexity index is 702. The van der Waals surface area contributed by atoms with Gasteiger partial charge in [-0.1, -0.05) is 19.0 Å².